The van der Waals surface area contributed by atoms with Gasteiger partial charge in [-0.3, -0.25) is 0 Å². The van der Waals surface area contributed by atoms with Crippen molar-refractivity contribution in [1.29, 1.82) is 0 Å². The lowest BCUT2D eigenvalue weighted by atomic mass is 9.85. The molecule has 0 amide bonds. The van der Waals surface area contributed by atoms with Gasteiger partial charge >= 0.3 is 0 Å². The first kappa shape index (κ1) is 16.0. The summed E-state index contributed by atoms with van der Waals surface area (Å²) in [4.78, 5) is 10.4. The molecule has 0 atom stereocenters. The number of benzene rings is 1. The quantitative estimate of drug-likeness (QED) is 0.660. The van der Waals surface area contributed by atoms with E-state index in [9.17, 15) is 5.11 Å². The Morgan fingerprint density at radius 3 is 2.58 bits per heavy atom. The first-order chi connectivity index (χ1) is 11.7. The van der Waals surface area contributed by atoms with Crippen LogP contribution in [0.2, 0.25) is 5.02 Å². The fraction of sp³-hybridized carbons (Fsp3) is 0.316. The Bertz CT molecular complexity index is 838. The van der Waals surface area contributed by atoms with Gasteiger partial charge in [-0.15, -0.1) is 0 Å². The molecule has 2 heterocycles. The van der Waals surface area contributed by atoms with Gasteiger partial charge in [0, 0.05) is 38.0 Å². The Kier molecular flexibility index (Phi) is 4.53. The number of aromatic nitrogens is 2. The van der Waals surface area contributed by atoms with Crippen molar-refractivity contribution in [3.05, 3.63) is 53.3 Å². The predicted molar refractivity (Wildman–Crippen MR) is 98.9 cm³/mol. The molecule has 0 saturated heterocycles. The lowest BCUT2D eigenvalue weighted by Gasteiger charge is -2.25. The summed E-state index contributed by atoms with van der Waals surface area (Å²) >= 11 is 7.77. The van der Waals surface area contributed by atoms with Crippen LogP contribution in [0.5, 0.6) is 0 Å². The largest absolute Gasteiger partial charge is 0.393 e. The highest BCUT2D eigenvalue weighted by molar-refractivity contribution is 7.99. The molecule has 0 spiro atoms. The molecule has 2 aromatic heterocycles. The van der Waals surface area contributed by atoms with Crippen LogP contribution in [0, 0.1) is 0 Å². The molecule has 3 aromatic rings. The van der Waals surface area contributed by atoms with Gasteiger partial charge in [-0.25, -0.2) is 4.98 Å². The Morgan fingerprint density at radius 2 is 1.83 bits per heavy atom. The summed E-state index contributed by atoms with van der Waals surface area (Å²) in [5.74, 6) is 0.456. The minimum absolute atomic E-state index is 0.142. The molecule has 3 nitrogen and oxygen atoms in total. The first-order valence-electron chi connectivity index (χ1n) is 8.29. The lowest BCUT2D eigenvalue weighted by Crippen LogP contribution is -2.17. The van der Waals surface area contributed by atoms with Gasteiger partial charge < -0.3 is 10.1 Å². The van der Waals surface area contributed by atoms with E-state index in [1.54, 1.807) is 11.8 Å². The van der Waals surface area contributed by atoms with E-state index in [-0.39, 0.29) is 6.10 Å². The number of aromatic amines is 1. The molecule has 1 aliphatic rings. The van der Waals surface area contributed by atoms with Crippen molar-refractivity contribution in [2.75, 3.05) is 0 Å². The predicted octanol–water partition coefficient (Wildman–Crippen LogP) is 5.39. The van der Waals surface area contributed by atoms with Crippen molar-refractivity contribution < 1.29 is 5.11 Å². The molecule has 1 saturated carbocycles. The fourth-order valence-corrected chi connectivity index (χ4v) is 4.64. The van der Waals surface area contributed by atoms with Gasteiger partial charge in [0.1, 0.15) is 5.65 Å². The molecule has 1 aromatic carbocycles. The maximum atomic E-state index is 9.80. The van der Waals surface area contributed by atoms with Crippen molar-refractivity contribution in [3.8, 4) is 0 Å². The third-order valence-corrected chi connectivity index (χ3v) is 6.09. The summed E-state index contributed by atoms with van der Waals surface area (Å²) in [6.07, 6.45) is 5.46. The van der Waals surface area contributed by atoms with Crippen LogP contribution in [-0.4, -0.2) is 21.2 Å². The van der Waals surface area contributed by atoms with Crippen LogP contribution < -0.4 is 0 Å². The van der Waals surface area contributed by atoms with Crippen molar-refractivity contribution in [3.63, 3.8) is 0 Å². The smallest absolute Gasteiger partial charge is 0.138 e. The number of aliphatic hydroxyl groups excluding tert-OH is 1. The third-order valence-electron chi connectivity index (χ3n) is 4.69. The SMILES string of the molecule is OC1CCC(c2[nH]c3ncccc3c2Sc2ccc(Cl)cc2)CC1. The van der Waals surface area contributed by atoms with E-state index in [1.807, 2.05) is 24.4 Å². The minimum Gasteiger partial charge on any atom is -0.393 e. The molecular weight excluding hydrogens is 340 g/mol. The summed E-state index contributed by atoms with van der Waals surface area (Å²) in [7, 11) is 0. The Hall–Kier alpha value is -1.49. The van der Waals surface area contributed by atoms with Crippen LogP contribution in [0.15, 0.2) is 52.4 Å². The standard InChI is InChI=1S/C19H19ClN2OS/c20-13-5-9-15(10-6-13)24-18-16-2-1-11-21-19(16)22-17(18)12-3-7-14(23)8-4-12/h1-2,5-6,9-12,14,23H,3-4,7-8H2,(H,21,22). The van der Waals surface area contributed by atoms with E-state index in [4.69, 9.17) is 11.6 Å². The highest BCUT2D eigenvalue weighted by atomic mass is 35.5. The van der Waals surface area contributed by atoms with Crippen LogP contribution in [0.4, 0.5) is 0 Å². The molecule has 0 radical (unpaired) electrons. The van der Waals surface area contributed by atoms with Gasteiger partial charge in [0.2, 0.25) is 0 Å². The van der Waals surface area contributed by atoms with Crippen molar-refractivity contribution in [2.45, 2.75) is 47.5 Å². The fourth-order valence-electron chi connectivity index (χ4n) is 3.40. The Morgan fingerprint density at radius 1 is 1.08 bits per heavy atom. The van der Waals surface area contributed by atoms with Gasteiger partial charge in [0.25, 0.3) is 0 Å². The van der Waals surface area contributed by atoms with Crippen molar-refractivity contribution >= 4 is 34.4 Å². The van der Waals surface area contributed by atoms with Crippen LogP contribution >= 0.6 is 23.4 Å². The number of H-pyrrole nitrogens is 1. The van der Waals surface area contributed by atoms with E-state index in [1.165, 1.54) is 20.9 Å². The molecule has 2 N–H and O–H groups in total. The monoisotopic (exact) mass is 358 g/mol. The summed E-state index contributed by atoms with van der Waals surface area (Å²) in [5, 5.41) is 11.7. The summed E-state index contributed by atoms with van der Waals surface area (Å²) in [6.45, 7) is 0. The molecule has 4 rings (SSSR count). The second-order valence-corrected chi connectivity index (χ2v) is 7.85. The van der Waals surface area contributed by atoms with E-state index < -0.39 is 0 Å². The van der Waals surface area contributed by atoms with Crippen LogP contribution in [0.1, 0.15) is 37.3 Å². The van der Waals surface area contributed by atoms with Crippen molar-refractivity contribution in [1.82, 2.24) is 9.97 Å². The van der Waals surface area contributed by atoms with Gasteiger partial charge in [0.15, 0.2) is 0 Å². The number of halogens is 1. The normalized spacial score (nSPS) is 21.2. The molecular formula is C19H19ClN2OS. The second kappa shape index (κ2) is 6.79. The Labute approximate surface area is 150 Å². The zero-order chi connectivity index (χ0) is 16.5. The molecule has 0 bridgehead atoms. The lowest BCUT2D eigenvalue weighted by molar-refractivity contribution is 0.121. The van der Waals surface area contributed by atoms with Gasteiger partial charge in [-0.2, -0.15) is 0 Å². The number of hydrogen-bond donors (Lipinski definition) is 2. The number of rotatable bonds is 3. The topological polar surface area (TPSA) is 48.9 Å². The molecule has 1 fully saturated rings. The molecule has 124 valence electrons. The molecule has 5 heteroatoms. The van der Waals surface area contributed by atoms with Crippen molar-refractivity contribution in [2.24, 2.45) is 0 Å². The number of hydrogen-bond acceptors (Lipinski definition) is 3. The van der Waals surface area contributed by atoms with Crippen LogP contribution in [0.25, 0.3) is 11.0 Å². The van der Waals surface area contributed by atoms with Gasteiger partial charge in [0.05, 0.1) is 6.10 Å². The summed E-state index contributed by atoms with van der Waals surface area (Å²) < 4.78 is 0. The van der Waals surface area contributed by atoms with Gasteiger partial charge in [-0.1, -0.05) is 23.4 Å². The average Bonchev–Trinajstić information content (AvgIpc) is 2.96. The third kappa shape index (κ3) is 3.18. The Balaban J connectivity index is 1.74. The van der Waals surface area contributed by atoms with E-state index in [2.05, 4.69) is 28.2 Å². The zero-order valence-electron chi connectivity index (χ0n) is 13.2. The van der Waals surface area contributed by atoms with Crippen LogP contribution in [0.3, 0.4) is 0 Å². The van der Waals surface area contributed by atoms with E-state index >= 15 is 0 Å². The highest BCUT2D eigenvalue weighted by Crippen LogP contribution is 2.43. The van der Waals surface area contributed by atoms with Gasteiger partial charge in [-0.05, 0) is 62.1 Å². The van der Waals surface area contributed by atoms with Crippen LogP contribution in [-0.2, 0) is 0 Å². The second-order valence-electron chi connectivity index (χ2n) is 6.33. The molecule has 0 aliphatic heterocycles. The molecule has 24 heavy (non-hydrogen) atoms. The summed E-state index contributed by atoms with van der Waals surface area (Å²) in [6, 6.07) is 12.1. The molecule has 0 unspecified atom stereocenters. The number of nitrogens with one attached hydrogen (secondary N) is 1. The van der Waals surface area contributed by atoms with E-state index in [0.29, 0.717) is 5.92 Å². The average molecular weight is 359 g/mol. The first-order valence-corrected chi connectivity index (χ1v) is 9.48. The number of pyridine rings is 1. The highest BCUT2D eigenvalue weighted by Gasteiger charge is 2.26. The number of aliphatic hydroxyl groups is 1. The minimum atomic E-state index is -0.142. The maximum absolute atomic E-state index is 9.80. The van der Waals surface area contributed by atoms with E-state index in [0.717, 1.165) is 36.4 Å². The molecule has 1 aliphatic carbocycles. The number of fused-ring (bicyclic) bond motifs is 1. The number of nitrogens with zero attached hydrogens (tertiary/aromatic N) is 1. The summed E-state index contributed by atoms with van der Waals surface area (Å²) in [5.41, 5.74) is 2.20. The maximum Gasteiger partial charge on any atom is 0.138 e. The zero-order valence-corrected chi connectivity index (χ0v) is 14.8.